The SMILES string of the molecule is Cc1nccc(NC2=CCC(F)C=C2)n1. The van der Waals surface area contributed by atoms with Gasteiger partial charge in [0.05, 0.1) is 0 Å². The molecule has 0 amide bonds. The Bertz CT molecular complexity index is 412. The highest BCUT2D eigenvalue weighted by atomic mass is 19.1. The van der Waals surface area contributed by atoms with Gasteiger partial charge in [0.25, 0.3) is 0 Å². The largest absolute Gasteiger partial charge is 0.340 e. The highest BCUT2D eigenvalue weighted by molar-refractivity contribution is 5.45. The molecule has 1 aromatic rings. The average molecular weight is 205 g/mol. The summed E-state index contributed by atoms with van der Waals surface area (Å²) in [5, 5.41) is 3.10. The number of rotatable bonds is 2. The summed E-state index contributed by atoms with van der Waals surface area (Å²) in [6.07, 6.45) is 6.34. The molecule has 1 atom stereocenters. The summed E-state index contributed by atoms with van der Waals surface area (Å²) in [7, 11) is 0. The molecule has 78 valence electrons. The minimum Gasteiger partial charge on any atom is -0.340 e. The Labute approximate surface area is 87.8 Å². The van der Waals surface area contributed by atoms with Crippen LogP contribution in [-0.4, -0.2) is 16.1 Å². The van der Waals surface area contributed by atoms with Crippen LogP contribution in [0.3, 0.4) is 0 Å². The van der Waals surface area contributed by atoms with E-state index in [4.69, 9.17) is 0 Å². The molecule has 1 heterocycles. The maximum atomic E-state index is 12.8. The van der Waals surface area contributed by atoms with Gasteiger partial charge in [-0.15, -0.1) is 0 Å². The number of allylic oxidation sites excluding steroid dienone is 3. The van der Waals surface area contributed by atoms with Gasteiger partial charge in [0.15, 0.2) is 0 Å². The van der Waals surface area contributed by atoms with Crippen molar-refractivity contribution in [3.8, 4) is 0 Å². The molecule has 0 saturated carbocycles. The second-order valence-electron chi connectivity index (χ2n) is 3.38. The van der Waals surface area contributed by atoms with Gasteiger partial charge in [-0.05, 0) is 25.1 Å². The molecule has 1 unspecified atom stereocenters. The number of hydrogen-bond acceptors (Lipinski definition) is 3. The second-order valence-corrected chi connectivity index (χ2v) is 3.38. The third kappa shape index (κ3) is 2.62. The van der Waals surface area contributed by atoms with Gasteiger partial charge in [0, 0.05) is 18.3 Å². The Morgan fingerprint density at radius 2 is 2.40 bits per heavy atom. The van der Waals surface area contributed by atoms with E-state index in [9.17, 15) is 4.39 Å². The summed E-state index contributed by atoms with van der Waals surface area (Å²) in [5.74, 6) is 1.44. The summed E-state index contributed by atoms with van der Waals surface area (Å²) >= 11 is 0. The first-order chi connectivity index (χ1) is 7.24. The normalized spacial score (nSPS) is 19.9. The average Bonchev–Trinajstić information content (AvgIpc) is 2.22. The number of nitrogens with zero attached hydrogens (tertiary/aromatic N) is 2. The molecule has 0 spiro atoms. The topological polar surface area (TPSA) is 37.8 Å². The van der Waals surface area contributed by atoms with E-state index in [0.29, 0.717) is 12.2 Å². The molecular weight excluding hydrogens is 193 g/mol. The van der Waals surface area contributed by atoms with Crippen molar-refractivity contribution in [2.45, 2.75) is 19.5 Å². The highest BCUT2D eigenvalue weighted by Gasteiger charge is 2.06. The summed E-state index contributed by atoms with van der Waals surface area (Å²) in [6.45, 7) is 1.83. The van der Waals surface area contributed by atoms with E-state index in [1.165, 1.54) is 6.08 Å². The fourth-order valence-corrected chi connectivity index (χ4v) is 1.36. The second kappa shape index (κ2) is 4.21. The Morgan fingerprint density at radius 1 is 1.53 bits per heavy atom. The van der Waals surface area contributed by atoms with Crippen molar-refractivity contribution in [3.63, 3.8) is 0 Å². The molecule has 2 rings (SSSR count). The number of nitrogens with one attached hydrogen (secondary N) is 1. The van der Waals surface area contributed by atoms with Crippen LogP contribution < -0.4 is 5.32 Å². The molecule has 4 heteroatoms. The summed E-state index contributed by atoms with van der Waals surface area (Å²) in [5.41, 5.74) is 0.877. The van der Waals surface area contributed by atoms with E-state index in [-0.39, 0.29) is 0 Å². The maximum Gasteiger partial charge on any atom is 0.134 e. The van der Waals surface area contributed by atoms with Crippen molar-refractivity contribution in [2.24, 2.45) is 0 Å². The molecule has 0 radical (unpaired) electrons. The third-order valence-electron chi connectivity index (χ3n) is 2.10. The lowest BCUT2D eigenvalue weighted by molar-refractivity contribution is 0.401. The van der Waals surface area contributed by atoms with Crippen LogP contribution in [0.4, 0.5) is 10.2 Å². The van der Waals surface area contributed by atoms with Crippen molar-refractivity contribution in [2.75, 3.05) is 5.32 Å². The van der Waals surface area contributed by atoms with Crippen LogP contribution in [0.15, 0.2) is 36.2 Å². The fraction of sp³-hybridized carbons (Fsp3) is 0.273. The van der Waals surface area contributed by atoms with Crippen LogP contribution in [0, 0.1) is 6.92 Å². The van der Waals surface area contributed by atoms with Gasteiger partial charge in [0.1, 0.15) is 17.8 Å². The van der Waals surface area contributed by atoms with Gasteiger partial charge in [0.2, 0.25) is 0 Å². The fourth-order valence-electron chi connectivity index (χ4n) is 1.36. The zero-order valence-electron chi connectivity index (χ0n) is 8.44. The summed E-state index contributed by atoms with van der Waals surface area (Å²) in [4.78, 5) is 8.19. The number of aromatic nitrogens is 2. The lowest BCUT2D eigenvalue weighted by Crippen LogP contribution is -2.06. The Hall–Kier alpha value is -1.71. The summed E-state index contributed by atoms with van der Waals surface area (Å²) < 4.78 is 12.8. The molecule has 1 aliphatic rings. The van der Waals surface area contributed by atoms with Crippen molar-refractivity contribution in [1.82, 2.24) is 9.97 Å². The summed E-state index contributed by atoms with van der Waals surface area (Å²) in [6, 6.07) is 1.78. The van der Waals surface area contributed by atoms with Crippen molar-refractivity contribution < 1.29 is 4.39 Å². The first-order valence-corrected chi connectivity index (χ1v) is 4.83. The van der Waals surface area contributed by atoms with Crippen molar-refractivity contribution in [1.29, 1.82) is 0 Å². The van der Waals surface area contributed by atoms with Gasteiger partial charge >= 0.3 is 0 Å². The molecular formula is C11H12FN3. The number of hydrogen-bond donors (Lipinski definition) is 1. The smallest absolute Gasteiger partial charge is 0.134 e. The predicted octanol–water partition coefficient (Wildman–Crippen LogP) is 2.38. The molecule has 1 aromatic heterocycles. The van der Waals surface area contributed by atoms with E-state index >= 15 is 0 Å². The van der Waals surface area contributed by atoms with E-state index in [0.717, 1.165) is 11.5 Å². The molecule has 3 nitrogen and oxygen atoms in total. The quantitative estimate of drug-likeness (QED) is 0.805. The van der Waals surface area contributed by atoms with E-state index in [1.807, 2.05) is 13.0 Å². The molecule has 1 aliphatic carbocycles. The zero-order chi connectivity index (χ0) is 10.7. The Morgan fingerprint density at radius 3 is 3.07 bits per heavy atom. The van der Waals surface area contributed by atoms with E-state index in [1.54, 1.807) is 18.3 Å². The van der Waals surface area contributed by atoms with Crippen LogP contribution in [0.25, 0.3) is 0 Å². The zero-order valence-corrected chi connectivity index (χ0v) is 8.44. The molecule has 15 heavy (non-hydrogen) atoms. The number of aryl methyl sites for hydroxylation is 1. The standard InChI is InChI=1S/C11H12FN3/c1-8-13-7-6-11(14-8)15-10-4-2-9(12)3-5-10/h2,4-7,9H,3H2,1H3,(H,13,14,15). The van der Waals surface area contributed by atoms with Gasteiger partial charge in [-0.2, -0.15) is 0 Å². The Balaban J connectivity index is 2.07. The van der Waals surface area contributed by atoms with Gasteiger partial charge in [-0.25, -0.2) is 14.4 Å². The number of halogens is 1. The van der Waals surface area contributed by atoms with E-state index in [2.05, 4.69) is 15.3 Å². The maximum absolute atomic E-state index is 12.8. The molecule has 0 fully saturated rings. The monoisotopic (exact) mass is 205 g/mol. The van der Waals surface area contributed by atoms with Gasteiger partial charge in [-0.3, -0.25) is 0 Å². The van der Waals surface area contributed by atoms with Gasteiger partial charge in [-0.1, -0.05) is 6.08 Å². The first-order valence-electron chi connectivity index (χ1n) is 4.83. The minimum atomic E-state index is -0.859. The third-order valence-corrected chi connectivity index (χ3v) is 2.10. The van der Waals surface area contributed by atoms with Crippen LogP contribution in [0.5, 0.6) is 0 Å². The lowest BCUT2D eigenvalue weighted by Gasteiger charge is -2.11. The first kappa shape index (κ1) is 9.83. The number of alkyl halides is 1. The molecule has 0 saturated heterocycles. The Kier molecular flexibility index (Phi) is 2.76. The van der Waals surface area contributed by atoms with Crippen molar-refractivity contribution >= 4 is 5.82 Å². The van der Waals surface area contributed by atoms with E-state index < -0.39 is 6.17 Å². The highest BCUT2D eigenvalue weighted by Crippen LogP contribution is 2.15. The molecule has 0 aliphatic heterocycles. The minimum absolute atomic E-state index is 0.420. The number of anilines is 1. The lowest BCUT2D eigenvalue weighted by atomic mass is 10.1. The van der Waals surface area contributed by atoms with Gasteiger partial charge < -0.3 is 5.32 Å². The molecule has 1 N–H and O–H groups in total. The van der Waals surface area contributed by atoms with Crippen LogP contribution in [-0.2, 0) is 0 Å². The van der Waals surface area contributed by atoms with Crippen LogP contribution in [0.2, 0.25) is 0 Å². The van der Waals surface area contributed by atoms with Crippen LogP contribution >= 0.6 is 0 Å². The molecule has 0 bridgehead atoms. The van der Waals surface area contributed by atoms with Crippen molar-refractivity contribution in [3.05, 3.63) is 42.0 Å². The predicted molar refractivity (Wildman–Crippen MR) is 57.1 cm³/mol. The molecule has 0 aromatic carbocycles. The van der Waals surface area contributed by atoms with Crippen LogP contribution in [0.1, 0.15) is 12.2 Å².